The molecule has 0 amide bonds. The van der Waals surface area contributed by atoms with Gasteiger partial charge in [0, 0.05) is 12.6 Å². The molecule has 0 aliphatic rings. The van der Waals surface area contributed by atoms with Gasteiger partial charge in [0.25, 0.3) is 0 Å². The van der Waals surface area contributed by atoms with Gasteiger partial charge in [0.2, 0.25) is 0 Å². The van der Waals surface area contributed by atoms with E-state index in [1.54, 1.807) is 0 Å². The fourth-order valence-corrected chi connectivity index (χ4v) is 2.42. The number of carbonyl (C=O) groups excluding carboxylic acids is 1. The SMILES string of the molecule is CCCCCN(Cc1ccccc1CC(=O)OC)C(C)C. The Morgan fingerprint density at radius 2 is 1.86 bits per heavy atom. The van der Waals surface area contributed by atoms with Crippen LogP contribution in [0, 0.1) is 0 Å². The van der Waals surface area contributed by atoms with Gasteiger partial charge in [0.15, 0.2) is 0 Å². The van der Waals surface area contributed by atoms with E-state index in [0.717, 1.165) is 18.7 Å². The Bertz CT molecular complexity index is 429. The van der Waals surface area contributed by atoms with Gasteiger partial charge in [-0.1, -0.05) is 44.0 Å². The lowest BCUT2D eigenvalue weighted by Crippen LogP contribution is -2.31. The molecule has 0 saturated carbocycles. The van der Waals surface area contributed by atoms with Gasteiger partial charge in [0.05, 0.1) is 13.5 Å². The zero-order chi connectivity index (χ0) is 15.7. The van der Waals surface area contributed by atoms with E-state index in [1.165, 1.54) is 31.9 Å². The first-order valence-electron chi connectivity index (χ1n) is 7.96. The molecule has 0 aliphatic heterocycles. The minimum Gasteiger partial charge on any atom is -0.469 e. The molecule has 0 aliphatic carbocycles. The second-order valence-corrected chi connectivity index (χ2v) is 5.79. The normalized spacial score (nSPS) is 11.1. The number of benzene rings is 1. The number of rotatable bonds is 9. The Hall–Kier alpha value is -1.35. The van der Waals surface area contributed by atoms with E-state index >= 15 is 0 Å². The fraction of sp³-hybridized carbons (Fsp3) is 0.611. The maximum atomic E-state index is 11.5. The van der Waals surface area contributed by atoms with Crippen LogP contribution in [0.4, 0.5) is 0 Å². The molecule has 1 aromatic rings. The van der Waals surface area contributed by atoms with Crippen LogP contribution in [0.2, 0.25) is 0 Å². The highest BCUT2D eigenvalue weighted by Gasteiger charge is 2.13. The molecule has 0 aromatic heterocycles. The number of esters is 1. The smallest absolute Gasteiger partial charge is 0.309 e. The van der Waals surface area contributed by atoms with Crippen molar-refractivity contribution in [2.75, 3.05) is 13.7 Å². The molecular weight excluding hydrogens is 262 g/mol. The van der Waals surface area contributed by atoms with Gasteiger partial charge < -0.3 is 4.74 Å². The lowest BCUT2D eigenvalue weighted by Gasteiger charge is -2.27. The molecule has 0 bridgehead atoms. The minimum absolute atomic E-state index is 0.176. The molecule has 1 rings (SSSR count). The van der Waals surface area contributed by atoms with Crippen molar-refractivity contribution >= 4 is 5.97 Å². The van der Waals surface area contributed by atoms with E-state index in [0.29, 0.717) is 12.5 Å². The summed E-state index contributed by atoms with van der Waals surface area (Å²) in [5, 5.41) is 0. The topological polar surface area (TPSA) is 29.5 Å². The van der Waals surface area contributed by atoms with Crippen LogP contribution in [-0.2, 0) is 22.5 Å². The molecule has 0 fully saturated rings. The molecule has 0 heterocycles. The van der Waals surface area contributed by atoms with Crippen molar-refractivity contribution in [1.82, 2.24) is 4.90 Å². The molecule has 3 heteroatoms. The Labute approximate surface area is 129 Å². The average molecular weight is 291 g/mol. The van der Waals surface area contributed by atoms with Crippen molar-refractivity contribution in [1.29, 1.82) is 0 Å². The molecule has 0 saturated heterocycles. The molecule has 0 unspecified atom stereocenters. The summed E-state index contributed by atoms with van der Waals surface area (Å²) in [6.07, 6.45) is 4.10. The van der Waals surface area contributed by atoms with Crippen molar-refractivity contribution in [3.63, 3.8) is 0 Å². The number of carbonyl (C=O) groups is 1. The quantitative estimate of drug-likeness (QED) is 0.512. The van der Waals surface area contributed by atoms with Gasteiger partial charge >= 0.3 is 5.97 Å². The lowest BCUT2D eigenvalue weighted by molar-refractivity contribution is -0.139. The summed E-state index contributed by atoms with van der Waals surface area (Å²) in [4.78, 5) is 14.0. The van der Waals surface area contributed by atoms with Crippen LogP contribution >= 0.6 is 0 Å². The average Bonchev–Trinajstić information content (AvgIpc) is 2.47. The summed E-state index contributed by atoms with van der Waals surface area (Å²) in [5.41, 5.74) is 2.30. The molecule has 0 N–H and O–H groups in total. The van der Waals surface area contributed by atoms with Crippen LogP contribution in [0.5, 0.6) is 0 Å². The van der Waals surface area contributed by atoms with E-state index in [4.69, 9.17) is 4.74 Å². The van der Waals surface area contributed by atoms with E-state index in [-0.39, 0.29) is 5.97 Å². The standard InChI is InChI=1S/C18H29NO2/c1-5-6-9-12-19(15(2)3)14-17-11-8-7-10-16(17)13-18(20)21-4/h7-8,10-11,15H,5-6,9,12-14H2,1-4H3. The van der Waals surface area contributed by atoms with Crippen molar-refractivity contribution in [2.24, 2.45) is 0 Å². The molecule has 1 aromatic carbocycles. The molecule has 0 spiro atoms. The highest BCUT2D eigenvalue weighted by atomic mass is 16.5. The van der Waals surface area contributed by atoms with Crippen LogP contribution in [0.3, 0.4) is 0 Å². The summed E-state index contributed by atoms with van der Waals surface area (Å²) >= 11 is 0. The summed E-state index contributed by atoms with van der Waals surface area (Å²) in [6, 6.07) is 8.68. The molecule has 21 heavy (non-hydrogen) atoms. The minimum atomic E-state index is -0.176. The maximum Gasteiger partial charge on any atom is 0.309 e. The second-order valence-electron chi connectivity index (χ2n) is 5.79. The van der Waals surface area contributed by atoms with Crippen LogP contribution in [0.1, 0.15) is 51.2 Å². The van der Waals surface area contributed by atoms with Crippen LogP contribution in [0.15, 0.2) is 24.3 Å². The third-order valence-corrected chi connectivity index (χ3v) is 3.83. The number of ether oxygens (including phenoxy) is 1. The highest BCUT2D eigenvalue weighted by molar-refractivity contribution is 5.72. The first kappa shape index (κ1) is 17.7. The maximum absolute atomic E-state index is 11.5. The fourth-order valence-electron chi connectivity index (χ4n) is 2.42. The summed E-state index contributed by atoms with van der Waals surface area (Å²) in [5.74, 6) is -0.176. The summed E-state index contributed by atoms with van der Waals surface area (Å²) in [6.45, 7) is 8.70. The zero-order valence-electron chi connectivity index (χ0n) is 13.9. The largest absolute Gasteiger partial charge is 0.469 e. The van der Waals surface area contributed by atoms with Gasteiger partial charge in [-0.3, -0.25) is 9.69 Å². The third kappa shape index (κ3) is 6.30. The molecule has 0 atom stereocenters. The Kier molecular flexibility index (Phi) is 8.06. The van der Waals surface area contributed by atoms with Crippen LogP contribution in [-0.4, -0.2) is 30.6 Å². The van der Waals surface area contributed by atoms with Gasteiger partial charge in [-0.25, -0.2) is 0 Å². The monoisotopic (exact) mass is 291 g/mol. The predicted octanol–water partition coefficient (Wildman–Crippen LogP) is 3.80. The van der Waals surface area contributed by atoms with Crippen molar-refractivity contribution < 1.29 is 9.53 Å². The highest BCUT2D eigenvalue weighted by Crippen LogP contribution is 2.15. The van der Waals surface area contributed by atoms with Gasteiger partial charge in [0.1, 0.15) is 0 Å². The zero-order valence-corrected chi connectivity index (χ0v) is 13.9. The van der Waals surface area contributed by atoms with E-state index in [9.17, 15) is 4.79 Å². The van der Waals surface area contributed by atoms with Crippen molar-refractivity contribution in [3.05, 3.63) is 35.4 Å². The number of hydrogen-bond acceptors (Lipinski definition) is 3. The van der Waals surface area contributed by atoms with Gasteiger partial charge in [-0.2, -0.15) is 0 Å². The molecule has 0 radical (unpaired) electrons. The summed E-state index contributed by atoms with van der Waals surface area (Å²) < 4.78 is 4.79. The number of nitrogens with zero attached hydrogens (tertiary/aromatic N) is 1. The van der Waals surface area contributed by atoms with Gasteiger partial charge in [-0.05, 0) is 37.9 Å². The Morgan fingerprint density at radius 3 is 2.43 bits per heavy atom. The molecular formula is C18H29NO2. The molecule has 118 valence electrons. The lowest BCUT2D eigenvalue weighted by atomic mass is 10.0. The second kappa shape index (κ2) is 9.56. The van der Waals surface area contributed by atoms with Crippen molar-refractivity contribution in [3.8, 4) is 0 Å². The Morgan fingerprint density at radius 1 is 1.19 bits per heavy atom. The first-order chi connectivity index (χ1) is 10.1. The molecule has 3 nitrogen and oxygen atoms in total. The van der Waals surface area contributed by atoms with Crippen LogP contribution in [0.25, 0.3) is 0 Å². The van der Waals surface area contributed by atoms with Crippen LogP contribution < -0.4 is 0 Å². The van der Waals surface area contributed by atoms with E-state index in [2.05, 4.69) is 31.7 Å². The van der Waals surface area contributed by atoms with Gasteiger partial charge in [-0.15, -0.1) is 0 Å². The number of methoxy groups -OCH3 is 1. The Balaban J connectivity index is 2.75. The summed E-state index contributed by atoms with van der Waals surface area (Å²) in [7, 11) is 1.44. The van der Waals surface area contributed by atoms with Crippen molar-refractivity contribution in [2.45, 2.75) is 59.0 Å². The van der Waals surface area contributed by atoms with E-state index < -0.39 is 0 Å². The number of hydrogen-bond donors (Lipinski definition) is 0. The van der Waals surface area contributed by atoms with E-state index in [1.807, 2.05) is 18.2 Å². The number of unbranched alkanes of at least 4 members (excludes halogenated alkanes) is 2. The first-order valence-corrected chi connectivity index (χ1v) is 7.96. The third-order valence-electron chi connectivity index (χ3n) is 3.83. The predicted molar refractivity (Wildman–Crippen MR) is 87.2 cm³/mol.